The van der Waals surface area contributed by atoms with E-state index in [1.54, 1.807) is 7.11 Å². The highest BCUT2D eigenvalue weighted by Gasteiger charge is 2.27. The molecule has 1 atom stereocenters. The maximum absolute atomic E-state index is 14.0. The molecule has 2 heterocycles. The van der Waals surface area contributed by atoms with Gasteiger partial charge < -0.3 is 19.3 Å². The number of aromatic nitrogens is 2. The number of fused-ring (bicyclic) bond motifs is 2. The van der Waals surface area contributed by atoms with E-state index in [0.29, 0.717) is 56.9 Å². The van der Waals surface area contributed by atoms with Crippen LogP contribution in [0.5, 0.6) is 5.75 Å². The molecule has 4 aromatic rings. The first-order valence-corrected chi connectivity index (χ1v) is 15.4. The third-order valence-electron chi connectivity index (χ3n) is 8.14. The Bertz CT molecular complexity index is 1470. The van der Waals surface area contributed by atoms with Crippen molar-refractivity contribution in [3.8, 4) is 5.75 Å². The van der Waals surface area contributed by atoms with Gasteiger partial charge in [-0.15, -0.1) is 0 Å². The van der Waals surface area contributed by atoms with E-state index in [2.05, 4.69) is 17.2 Å². The second-order valence-electron chi connectivity index (χ2n) is 11.1. The number of nitrogens with zero attached hydrogens (tertiary/aromatic N) is 4. The van der Waals surface area contributed by atoms with E-state index < -0.39 is 0 Å². The SMILES string of the molecule is COCCN1CCCCCCN(C(=O)CCn2ncc3ccccc32)[C@@H](Cc2ccccc2)COc2ccccc2C1=O. The molecular formula is C35H42N4O4. The van der Waals surface area contributed by atoms with Gasteiger partial charge in [0.15, 0.2) is 0 Å². The van der Waals surface area contributed by atoms with Crippen LogP contribution in [-0.2, 0) is 22.5 Å². The summed E-state index contributed by atoms with van der Waals surface area (Å²) < 4.78 is 13.6. The first kappa shape index (κ1) is 30.3. The molecule has 5 rings (SSSR count). The summed E-state index contributed by atoms with van der Waals surface area (Å²) in [7, 11) is 1.66. The quantitative estimate of drug-likeness (QED) is 0.270. The highest BCUT2D eigenvalue weighted by atomic mass is 16.5. The molecule has 0 fully saturated rings. The molecule has 3 aromatic carbocycles. The molecule has 0 spiro atoms. The number of carbonyl (C=O) groups is 2. The van der Waals surface area contributed by atoms with Crippen LogP contribution in [0.15, 0.2) is 85.1 Å². The number of ether oxygens (including phenoxy) is 2. The zero-order chi connectivity index (χ0) is 29.9. The van der Waals surface area contributed by atoms with Crippen LogP contribution in [0.25, 0.3) is 10.9 Å². The summed E-state index contributed by atoms with van der Waals surface area (Å²) in [5.74, 6) is 0.579. The highest BCUT2D eigenvalue weighted by molar-refractivity contribution is 5.97. The number of para-hydroxylation sites is 2. The van der Waals surface area contributed by atoms with Gasteiger partial charge in [-0.3, -0.25) is 14.3 Å². The Hall–Kier alpha value is -4.17. The Balaban J connectivity index is 1.40. The van der Waals surface area contributed by atoms with Crippen LogP contribution in [0.4, 0.5) is 0 Å². The van der Waals surface area contributed by atoms with Gasteiger partial charge in [0.2, 0.25) is 5.91 Å². The summed E-state index contributed by atoms with van der Waals surface area (Å²) in [6, 6.07) is 25.5. The van der Waals surface area contributed by atoms with E-state index >= 15 is 0 Å². The normalized spacial score (nSPS) is 16.9. The minimum Gasteiger partial charge on any atom is -0.491 e. The monoisotopic (exact) mass is 582 g/mol. The summed E-state index contributed by atoms with van der Waals surface area (Å²) in [5, 5.41) is 5.60. The van der Waals surface area contributed by atoms with Crippen molar-refractivity contribution in [3.63, 3.8) is 0 Å². The summed E-state index contributed by atoms with van der Waals surface area (Å²) in [6.45, 7) is 3.14. The summed E-state index contributed by atoms with van der Waals surface area (Å²) in [5.41, 5.74) is 2.71. The van der Waals surface area contributed by atoms with Crippen molar-refractivity contribution in [1.82, 2.24) is 19.6 Å². The Labute approximate surface area is 254 Å². The van der Waals surface area contributed by atoms with Crippen molar-refractivity contribution >= 4 is 22.7 Å². The highest BCUT2D eigenvalue weighted by Crippen LogP contribution is 2.23. The summed E-state index contributed by atoms with van der Waals surface area (Å²) in [6.07, 6.45) is 6.61. The number of hydrogen-bond donors (Lipinski definition) is 0. The van der Waals surface area contributed by atoms with Crippen molar-refractivity contribution in [2.24, 2.45) is 0 Å². The predicted molar refractivity (Wildman–Crippen MR) is 168 cm³/mol. The van der Waals surface area contributed by atoms with Gasteiger partial charge in [0.25, 0.3) is 5.91 Å². The van der Waals surface area contributed by atoms with E-state index in [1.165, 1.54) is 0 Å². The van der Waals surface area contributed by atoms with Crippen LogP contribution in [0, 0.1) is 0 Å². The molecule has 0 bridgehead atoms. The van der Waals surface area contributed by atoms with Crippen molar-refractivity contribution in [3.05, 3.63) is 96.2 Å². The van der Waals surface area contributed by atoms with Crippen LogP contribution in [0.3, 0.4) is 0 Å². The lowest BCUT2D eigenvalue weighted by Gasteiger charge is -2.33. The Morgan fingerprint density at radius 3 is 2.49 bits per heavy atom. The van der Waals surface area contributed by atoms with Crippen LogP contribution in [0.1, 0.15) is 48.0 Å². The third-order valence-corrected chi connectivity index (χ3v) is 8.14. The number of benzene rings is 3. The van der Waals surface area contributed by atoms with Gasteiger partial charge in [-0.25, -0.2) is 0 Å². The molecule has 1 aromatic heterocycles. The van der Waals surface area contributed by atoms with E-state index in [0.717, 1.165) is 42.1 Å². The largest absolute Gasteiger partial charge is 0.491 e. The molecule has 0 aliphatic carbocycles. The van der Waals surface area contributed by atoms with Crippen molar-refractivity contribution in [2.45, 2.75) is 51.1 Å². The fourth-order valence-electron chi connectivity index (χ4n) is 5.79. The fraction of sp³-hybridized carbons (Fsp3) is 0.400. The molecule has 0 N–H and O–H groups in total. The second kappa shape index (κ2) is 15.3. The molecule has 8 nitrogen and oxygen atoms in total. The van der Waals surface area contributed by atoms with Crippen LogP contribution >= 0.6 is 0 Å². The zero-order valence-electron chi connectivity index (χ0n) is 25.1. The molecule has 43 heavy (non-hydrogen) atoms. The van der Waals surface area contributed by atoms with Crippen LogP contribution in [0.2, 0.25) is 0 Å². The average Bonchev–Trinajstić information content (AvgIpc) is 3.46. The van der Waals surface area contributed by atoms with Gasteiger partial charge in [0.1, 0.15) is 12.4 Å². The zero-order valence-corrected chi connectivity index (χ0v) is 25.1. The molecule has 0 saturated carbocycles. The Morgan fingerprint density at radius 2 is 1.65 bits per heavy atom. The van der Waals surface area contributed by atoms with Crippen LogP contribution in [-0.4, -0.2) is 77.4 Å². The van der Waals surface area contributed by atoms with E-state index in [1.807, 2.05) is 87.4 Å². The lowest BCUT2D eigenvalue weighted by molar-refractivity contribution is -0.134. The maximum Gasteiger partial charge on any atom is 0.257 e. The summed E-state index contributed by atoms with van der Waals surface area (Å²) in [4.78, 5) is 31.5. The first-order chi connectivity index (χ1) is 21.1. The number of amides is 2. The van der Waals surface area contributed by atoms with Gasteiger partial charge in [-0.05, 0) is 43.0 Å². The molecule has 1 aliphatic heterocycles. The van der Waals surface area contributed by atoms with E-state index in [9.17, 15) is 9.59 Å². The third kappa shape index (κ3) is 8.02. The van der Waals surface area contributed by atoms with Crippen molar-refractivity contribution in [2.75, 3.05) is 40.0 Å². The minimum atomic E-state index is -0.194. The standard InChI is InChI=1S/C35H42N4O4/c1-42-24-23-37-20-11-2-3-12-21-38(34(40)19-22-39-32-17-9-7-15-29(32)26-36-39)30(25-28-13-5-4-6-14-28)27-43-33-18-10-8-16-31(33)35(37)41/h4-10,13-18,26,30H,2-3,11-12,19-25,27H2,1H3/t30-/m0/s1. The molecule has 8 heteroatoms. The topological polar surface area (TPSA) is 76.9 Å². The molecule has 2 amide bonds. The smallest absolute Gasteiger partial charge is 0.257 e. The lowest BCUT2D eigenvalue weighted by Crippen LogP contribution is -2.46. The molecule has 0 saturated heterocycles. The molecule has 0 radical (unpaired) electrons. The van der Waals surface area contributed by atoms with Crippen LogP contribution < -0.4 is 4.74 Å². The molecule has 226 valence electrons. The molecular weight excluding hydrogens is 540 g/mol. The number of rotatable bonds is 8. The number of methoxy groups -OCH3 is 1. The number of hydrogen-bond acceptors (Lipinski definition) is 5. The second-order valence-corrected chi connectivity index (χ2v) is 11.1. The maximum atomic E-state index is 14.0. The van der Waals surface area contributed by atoms with Gasteiger partial charge in [-0.2, -0.15) is 5.10 Å². The van der Waals surface area contributed by atoms with Gasteiger partial charge in [-0.1, -0.05) is 73.5 Å². The molecule has 0 unspecified atom stereocenters. The van der Waals surface area contributed by atoms with Gasteiger partial charge in [0, 0.05) is 38.6 Å². The minimum absolute atomic E-state index is 0.0521. The predicted octanol–water partition coefficient (Wildman–Crippen LogP) is 5.61. The van der Waals surface area contributed by atoms with Gasteiger partial charge in [0.05, 0.1) is 36.5 Å². The van der Waals surface area contributed by atoms with Gasteiger partial charge >= 0.3 is 0 Å². The molecule has 1 aliphatic rings. The van der Waals surface area contributed by atoms with E-state index in [4.69, 9.17) is 9.47 Å². The average molecular weight is 583 g/mol. The van der Waals surface area contributed by atoms with E-state index in [-0.39, 0.29) is 24.5 Å². The Morgan fingerprint density at radius 1 is 0.907 bits per heavy atom. The number of carbonyl (C=O) groups excluding carboxylic acids is 2. The number of aryl methyl sites for hydroxylation is 1. The fourth-order valence-corrected chi connectivity index (χ4v) is 5.79. The summed E-state index contributed by atoms with van der Waals surface area (Å²) >= 11 is 0. The first-order valence-electron chi connectivity index (χ1n) is 15.4. The lowest BCUT2D eigenvalue weighted by atomic mass is 10.0. The van der Waals surface area contributed by atoms with Crippen molar-refractivity contribution < 1.29 is 19.1 Å². The Kier molecular flexibility index (Phi) is 10.8. The van der Waals surface area contributed by atoms with Crippen molar-refractivity contribution in [1.29, 1.82) is 0 Å².